The third-order valence-corrected chi connectivity index (χ3v) is 3.51. The fraction of sp³-hybridized carbons (Fsp3) is 0.333. The third-order valence-electron chi connectivity index (χ3n) is 2.48. The van der Waals surface area contributed by atoms with Crippen molar-refractivity contribution in [1.29, 1.82) is 5.26 Å². The number of carbonyl (C=O) groups excluding carboxylic acids is 1. The van der Waals surface area contributed by atoms with Gasteiger partial charge in [0.1, 0.15) is 0 Å². The maximum atomic E-state index is 11.8. The van der Waals surface area contributed by atoms with Crippen LogP contribution in [0.25, 0.3) is 0 Å². The minimum atomic E-state index is 0.136. The Morgan fingerprint density at radius 3 is 2.88 bits per heavy atom. The fourth-order valence-corrected chi connectivity index (χ4v) is 2.75. The summed E-state index contributed by atoms with van der Waals surface area (Å²) in [5.74, 6) is 0.595. The molecule has 0 bridgehead atoms. The molecular formula is C12H12N2OS. The molecule has 1 amide bonds. The highest BCUT2D eigenvalue weighted by atomic mass is 32.2. The zero-order valence-electron chi connectivity index (χ0n) is 9.23. The summed E-state index contributed by atoms with van der Waals surface area (Å²) in [5.41, 5.74) is 1.57. The van der Waals surface area contributed by atoms with Gasteiger partial charge in [-0.25, -0.2) is 0 Å². The Morgan fingerprint density at radius 2 is 2.25 bits per heavy atom. The molecule has 0 saturated heterocycles. The Labute approximate surface area is 99.1 Å². The van der Waals surface area contributed by atoms with E-state index in [9.17, 15) is 4.79 Å². The number of carbonyl (C=O) groups is 1. The molecule has 0 radical (unpaired) electrons. The predicted molar refractivity (Wildman–Crippen MR) is 64.5 cm³/mol. The molecule has 3 nitrogen and oxygen atoms in total. The van der Waals surface area contributed by atoms with Gasteiger partial charge in [0.05, 0.1) is 23.1 Å². The van der Waals surface area contributed by atoms with Crippen LogP contribution < -0.4 is 4.90 Å². The smallest absolute Gasteiger partial charge is 0.237 e. The summed E-state index contributed by atoms with van der Waals surface area (Å²) in [4.78, 5) is 14.6. The molecule has 0 spiro atoms. The topological polar surface area (TPSA) is 44.1 Å². The molecule has 1 aromatic carbocycles. The van der Waals surface area contributed by atoms with E-state index in [1.54, 1.807) is 11.0 Å². The van der Waals surface area contributed by atoms with E-state index >= 15 is 0 Å². The highest BCUT2D eigenvalue weighted by Crippen LogP contribution is 2.36. The van der Waals surface area contributed by atoms with Crippen molar-refractivity contribution in [3.8, 4) is 6.07 Å². The first-order chi connectivity index (χ1) is 7.63. The molecule has 4 heteroatoms. The summed E-state index contributed by atoms with van der Waals surface area (Å²) >= 11 is 1.51. The van der Waals surface area contributed by atoms with Gasteiger partial charge in [-0.3, -0.25) is 4.79 Å². The van der Waals surface area contributed by atoms with Crippen molar-refractivity contribution in [2.45, 2.75) is 24.8 Å². The van der Waals surface area contributed by atoms with E-state index in [-0.39, 0.29) is 11.9 Å². The molecule has 0 aromatic heterocycles. The van der Waals surface area contributed by atoms with Crippen LogP contribution in [0.4, 0.5) is 5.69 Å². The lowest BCUT2D eigenvalue weighted by atomic mass is 10.1. The normalized spacial score (nSPS) is 14.9. The molecule has 0 aliphatic carbocycles. The Bertz CT molecular complexity index is 476. The van der Waals surface area contributed by atoms with Gasteiger partial charge in [-0.05, 0) is 32.0 Å². The van der Waals surface area contributed by atoms with Crippen LogP contribution in [-0.4, -0.2) is 17.7 Å². The summed E-state index contributed by atoms with van der Waals surface area (Å²) in [7, 11) is 0. The van der Waals surface area contributed by atoms with Gasteiger partial charge in [0.25, 0.3) is 0 Å². The predicted octanol–water partition coefficient (Wildman–Crippen LogP) is 2.41. The van der Waals surface area contributed by atoms with E-state index in [1.165, 1.54) is 11.8 Å². The molecule has 16 heavy (non-hydrogen) atoms. The molecule has 0 fully saturated rings. The van der Waals surface area contributed by atoms with Crippen molar-refractivity contribution in [1.82, 2.24) is 0 Å². The summed E-state index contributed by atoms with van der Waals surface area (Å²) in [6.45, 7) is 3.99. The third kappa shape index (κ3) is 1.79. The highest BCUT2D eigenvalue weighted by molar-refractivity contribution is 8.00. The largest absolute Gasteiger partial charge is 0.308 e. The van der Waals surface area contributed by atoms with Gasteiger partial charge in [0.2, 0.25) is 5.91 Å². The summed E-state index contributed by atoms with van der Waals surface area (Å²) in [6.07, 6.45) is 0. The molecule has 0 N–H and O–H groups in total. The lowest BCUT2D eigenvalue weighted by Crippen LogP contribution is -2.40. The number of anilines is 1. The summed E-state index contributed by atoms with van der Waals surface area (Å²) in [5, 5.41) is 8.83. The minimum absolute atomic E-state index is 0.136. The fourth-order valence-electron chi connectivity index (χ4n) is 1.81. The molecule has 0 atom stereocenters. The SMILES string of the molecule is CC(C)N1C(=O)CSc2cc(C#N)ccc21. The van der Waals surface area contributed by atoms with Crippen molar-refractivity contribution < 1.29 is 4.79 Å². The standard InChI is InChI=1S/C12H12N2OS/c1-8(2)14-10-4-3-9(6-13)5-11(10)16-7-12(14)15/h3-5,8H,7H2,1-2H3. The molecule has 1 aromatic rings. The Morgan fingerprint density at radius 1 is 1.50 bits per heavy atom. The number of rotatable bonds is 1. The minimum Gasteiger partial charge on any atom is -0.308 e. The van der Waals surface area contributed by atoms with Crippen LogP contribution in [0.15, 0.2) is 23.1 Å². The first-order valence-corrected chi connectivity index (χ1v) is 6.11. The first-order valence-electron chi connectivity index (χ1n) is 5.12. The van der Waals surface area contributed by atoms with Gasteiger partial charge in [0.15, 0.2) is 0 Å². The average molecular weight is 232 g/mol. The van der Waals surface area contributed by atoms with Crippen LogP contribution in [-0.2, 0) is 4.79 Å². The first kappa shape index (κ1) is 11.0. The van der Waals surface area contributed by atoms with Crippen molar-refractivity contribution in [3.63, 3.8) is 0 Å². The molecular weight excluding hydrogens is 220 g/mol. The number of fused-ring (bicyclic) bond motifs is 1. The van der Waals surface area contributed by atoms with Gasteiger partial charge in [0, 0.05) is 10.9 Å². The van der Waals surface area contributed by atoms with Gasteiger partial charge in [-0.1, -0.05) is 0 Å². The van der Waals surface area contributed by atoms with Crippen LogP contribution in [0.3, 0.4) is 0 Å². The highest BCUT2D eigenvalue weighted by Gasteiger charge is 2.26. The van der Waals surface area contributed by atoms with Crippen LogP contribution in [0.1, 0.15) is 19.4 Å². The number of nitriles is 1. The van der Waals surface area contributed by atoms with Gasteiger partial charge >= 0.3 is 0 Å². The second kappa shape index (κ2) is 4.18. The second-order valence-electron chi connectivity index (χ2n) is 3.94. The molecule has 1 heterocycles. The number of amides is 1. The van der Waals surface area contributed by atoms with Crippen LogP contribution >= 0.6 is 11.8 Å². The van der Waals surface area contributed by atoms with Gasteiger partial charge < -0.3 is 4.90 Å². The van der Waals surface area contributed by atoms with E-state index < -0.39 is 0 Å². The van der Waals surface area contributed by atoms with Crippen molar-refractivity contribution in [2.24, 2.45) is 0 Å². The van der Waals surface area contributed by atoms with E-state index in [0.717, 1.165) is 10.6 Å². The Kier molecular flexibility index (Phi) is 2.88. The van der Waals surface area contributed by atoms with E-state index in [1.807, 2.05) is 26.0 Å². The van der Waals surface area contributed by atoms with Crippen LogP contribution in [0.5, 0.6) is 0 Å². The van der Waals surface area contributed by atoms with Gasteiger partial charge in [-0.15, -0.1) is 11.8 Å². The quantitative estimate of drug-likeness (QED) is 0.746. The maximum Gasteiger partial charge on any atom is 0.237 e. The van der Waals surface area contributed by atoms with E-state index in [2.05, 4.69) is 6.07 Å². The zero-order chi connectivity index (χ0) is 11.7. The Balaban J connectivity index is 2.49. The number of thioether (sulfide) groups is 1. The van der Waals surface area contributed by atoms with E-state index in [4.69, 9.17) is 5.26 Å². The summed E-state index contributed by atoms with van der Waals surface area (Å²) in [6, 6.07) is 7.73. The van der Waals surface area contributed by atoms with Gasteiger partial charge in [-0.2, -0.15) is 5.26 Å². The number of nitrogens with zero attached hydrogens (tertiary/aromatic N) is 2. The number of hydrogen-bond acceptors (Lipinski definition) is 3. The van der Waals surface area contributed by atoms with Crippen molar-refractivity contribution in [3.05, 3.63) is 23.8 Å². The molecule has 1 aliphatic heterocycles. The van der Waals surface area contributed by atoms with E-state index in [0.29, 0.717) is 11.3 Å². The number of benzene rings is 1. The van der Waals surface area contributed by atoms with Crippen LogP contribution in [0.2, 0.25) is 0 Å². The monoisotopic (exact) mass is 232 g/mol. The molecule has 1 aliphatic rings. The zero-order valence-corrected chi connectivity index (χ0v) is 10.0. The van der Waals surface area contributed by atoms with Crippen molar-refractivity contribution >= 4 is 23.4 Å². The average Bonchev–Trinajstić information content (AvgIpc) is 2.27. The maximum absolute atomic E-state index is 11.8. The lowest BCUT2D eigenvalue weighted by Gasteiger charge is -2.32. The van der Waals surface area contributed by atoms with Crippen LogP contribution in [0, 0.1) is 11.3 Å². The molecule has 2 rings (SSSR count). The summed E-state index contributed by atoms with van der Waals surface area (Å²) < 4.78 is 0. The van der Waals surface area contributed by atoms with Crippen molar-refractivity contribution in [2.75, 3.05) is 10.7 Å². The second-order valence-corrected chi connectivity index (χ2v) is 4.96. The molecule has 0 unspecified atom stereocenters. The molecule has 0 saturated carbocycles. The molecule has 82 valence electrons. The Hall–Kier alpha value is -1.47. The number of hydrogen-bond donors (Lipinski definition) is 0. The lowest BCUT2D eigenvalue weighted by molar-refractivity contribution is -0.116.